The average Bonchev–Trinajstić information content (AvgIpc) is 2.97. The predicted octanol–water partition coefficient (Wildman–Crippen LogP) is 2.02. The molecule has 6 heteroatoms. The summed E-state index contributed by atoms with van der Waals surface area (Å²) in [5.41, 5.74) is 1.36. The molecule has 0 bridgehead atoms. The van der Waals surface area contributed by atoms with Crippen LogP contribution in [0.5, 0.6) is 0 Å². The van der Waals surface area contributed by atoms with Gasteiger partial charge in [-0.15, -0.1) is 0 Å². The van der Waals surface area contributed by atoms with Crippen molar-refractivity contribution in [2.24, 2.45) is 0 Å². The summed E-state index contributed by atoms with van der Waals surface area (Å²) in [7, 11) is -1.98. The van der Waals surface area contributed by atoms with Crippen LogP contribution in [0.3, 0.4) is 0 Å². The maximum atomic E-state index is 12.9. The molecule has 5 nitrogen and oxygen atoms in total. The van der Waals surface area contributed by atoms with E-state index in [0.717, 1.165) is 0 Å². The summed E-state index contributed by atoms with van der Waals surface area (Å²) in [5.74, 6) is -0.0951. The summed E-state index contributed by atoms with van der Waals surface area (Å²) in [4.78, 5) is 25.0. The summed E-state index contributed by atoms with van der Waals surface area (Å²) in [6, 6.07) is 16.3. The Kier molecular flexibility index (Phi) is 4.07. The SMILES string of the molecule is C[Si](C)(C)c1c(=O)o[nH][n+]1-c1ccccc1C(=O)c1ccccc1. The molecule has 24 heavy (non-hydrogen) atoms. The minimum absolute atomic E-state index is 0.0951. The van der Waals surface area contributed by atoms with Crippen molar-refractivity contribution in [1.82, 2.24) is 5.27 Å². The molecule has 0 amide bonds. The van der Waals surface area contributed by atoms with Crippen LogP contribution in [-0.4, -0.2) is 19.1 Å². The number of para-hydroxylation sites is 1. The fraction of sp³-hybridized carbons (Fsp3) is 0.167. The van der Waals surface area contributed by atoms with E-state index in [1.807, 2.05) is 36.4 Å². The molecule has 0 unspecified atom stereocenters. The lowest BCUT2D eigenvalue weighted by Crippen LogP contribution is -2.63. The van der Waals surface area contributed by atoms with E-state index in [-0.39, 0.29) is 11.4 Å². The molecule has 0 saturated carbocycles. The Labute approximate surface area is 140 Å². The smallest absolute Gasteiger partial charge is 0.288 e. The quantitative estimate of drug-likeness (QED) is 0.449. The van der Waals surface area contributed by atoms with E-state index >= 15 is 0 Å². The van der Waals surface area contributed by atoms with Gasteiger partial charge in [-0.25, -0.2) is 4.79 Å². The topological polar surface area (TPSA) is 67.0 Å². The lowest BCUT2D eigenvalue weighted by Gasteiger charge is -2.08. The van der Waals surface area contributed by atoms with Gasteiger partial charge in [-0.1, -0.05) is 62.1 Å². The molecule has 0 aliphatic carbocycles. The van der Waals surface area contributed by atoms with Crippen LogP contribution in [-0.2, 0) is 0 Å². The molecule has 0 fully saturated rings. The molecule has 1 heterocycles. The van der Waals surface area contributed by atoms with Crippen molar-refractivity contribution < 1.29 is 14.0 Å². The molecule has 0 radical (unpaired) electrons. The molecule has 1 aromatic heterocycles. The second kappa shape index (κ2) is 6.05. The predicted molar refractivity (Wildman–Crippen MR) is 93.7 cm³/mol. The minimum atomic E-state index is -1.98. The van der Waals surface area contributed by atoms with E-state index in [2.05, 4.69) is 24.9 Å². The van der Waals surface area contributed by atoms with Gasteiger partial charge in [0.2, 0.25) is 5.69 Å². The molecule has 0 aliphatic rings. The van der Waals surface area contributed by atoms with Gasteiger partial charge < -0.3 is 0 Å². The highest BCUT2D eigenvalue weighted by atomic mass is 28.3. The molecule has 0 aliphatic heterocycles. The van der Waals surface area contributed by atoms with Crippen molar-refractivity contribution >= 4 is 19.2 Å². The molecule has 1 N–H and O–H groups in total. The maximum absolute atomic E-state index is 12.9. The third-order valence-corrected chi connectivity index (χ3v) is 5.63. The number of aromatic amines is 1. The maximum Gasteiger partial charge on any atom is 0.424 e. The number of hydrogen-bond donors (Lipinski definition) is 1. The summed E-state index contributed by atoms with van der Waals surface area (Å²) in [5, 5.41) is 3.25. The number of H-pyrrole nitrogens is 1. The summed E-state index contributed by atoms with van der Waals surface area (Å²) in [6.45, 7) is 6.18. The Morgan fingerprint density at radius 2 is 1.62 bits per heavy atom. The number of rotatable bonds is 4. The third-order valence-electron chi connectivity index (χ3n) is 3.78. The molecule has 0 saturated heterocycles. The van der Waals surface area contributed by atoms with Crippen LogP contribution < -0.4 is 15.6 Å². The van der Waals surface area contributed by atoms with Crippen LogP contribution in [0.4, 0.5) is 0 Å². The van der Waals surface area contributed by atoms with Crippen LogP contribution in [0.15, 0.2) is 63.9 Å². The van der Waals surface area contributed by atoms with Gasteiger partial charge in [0, 0.05) is 11.6 Å². The fourth-order valence-corrected chi connectivity index (χ4v) is 4.19. The van der Waals surface area contributed by atoms with Crippen LogP contribution in [0, 0.1) is 0 Å². The number of carbonyl (C=O) groups excluding carboxylic acids is 1. The molecule has 122 valence electrons. The van der Waals surface area contributed by atoms with Crippen molar-refractivity contribution in [2.45, 2.75) is 19.6 Å². The zero-order chi connectivity index (χ0) is 17.3. The standard InChI is InChI=1S/C18H18N2O3Si/c1-24(2,3)17-18(22)23-19-20(17)15-12-8-7-11-14(15)16(21)13-9-5-4-6-10-13/h4-12H,1-3H3/p+1. The summed E-state index contributed by atoms with van der Waals surface area (Å²) in [6.07, 6.45) is 0. The summed E-state index contributed by atoms with van der Waals surface area (Å²) >= 11 is 0. The van der Waals surface area contributed by atoms with E-state index in [0.29, 0.717) is 22.1 Å². The van der Waals surface area contributed by atoms with Gasteiger partial charge in [0.1, 0.15) is 0 Å². The second-order valence-corrected chi connectivity index (χ2v) is 11.6. The van der Waals surface area contributed by atoms with Crippen LogP contribution in [0.1, 0.15) is 15.9 Å². The summed E-state index contributed by atoms with van der Waals surface area (Å²) < 4.78 is 6.64. The van der Waals surface area contributed by atoms with E-state index in [4.69, 9.17) is 4.52 Å². The first-order valence-corrected chi connectivity index (χ1v) is 11.2. The first-order valence-electron chi connectivity index (χ1n) is 7.73. The third kappa shape index (κ3) is 2.88. The second-order valence-electron chi connectivity index (χ2n) is 6.63. The Morgan fingerprint density at radius 1 is 1.00 bits per heavy atom. The highest BCUT2D eigenvalue weighted by molar-refractivity contribution is 6.87. The molecule has 2 aromatic carbocycles. The van der Waals surface area contributed by atoms with Crippen molar-refractivity contribution in [3.63, 3.8) is 0 Å². The highest BCUT2D eigenvalue weighted by Crippen LogP contribution is 2.14. The number of carbonyl (C=O) groups is 1. The number of hydrogen-bond acceptors (Lipinski definition) is 3. The van der Waals surface area contributed by atoms with Gasteiger partial charge in [-0.3, -0.25) is 9.32 Å². The molecular weight excluding hydrogens is 320 g/mol. The van der Waals surface area contributed by atoms with Gasteiger partial charge in [-0.2, -0.15) is 0 Å². The number of benzene rings is 2. The van der Waals surface area contributed by atoms with E-state index in [9.17, 15) is 9.59 Å². The van der Waals surface area contributed by atoms with Crippen molar-refractivity contribution in [1.29, 1.82) is 0 Å². The highest BCUT2D eigenvalue weighted by Gasteiger charge is 2.38. The fourth-order valence-electron chi connectivity index (χ4n) is 2.69. The number of ketones is 1. The molecule has 0 atom stereocenters. The number of aromatic nitrogens is 2. The van der Waals surface area contributed by atoms with E-state index < -0.39 is 8.07 Å². The van der Waals surface area contributed by atoms with Gasteiger partial charge in [0.25, 0.3) is 5.32 Å². The van der Waals surface area contributed by atoms with Gasteiger partial charge in [-0.05, 0) is 16.0 Å². The Morgan fingerprint density at radius 3 is 2.29 bits per heavy atom. The Hall–Kier alpha value is -2.73. The van der Waals surface area contributed by atoms with Crippen molar-refractivity contribution in [3.05, 3.63) is 76.1 Å². The van der Waals surface area contributed by atoms with Crippen molar-refractivity contribution in [2.75, 3.05) is 0 Å². The molecular formula is C18H19N2O3Si+. The lowest BCUT2D eigenvalue weighted by molar-refractivity contribution is -0.654. The molecule has 0 spiro atoms. The van der Waals surface area contributed by atoms with Crippen LogP contribution in [0.25, 0.3) is 5.69 Å². The van der Waals surface area contributed by atoms with Gasteiger partial charge in [0.05, 0.1) is 5.56 Å². The largest absolute Gasteiger partial charge is 0.424 e. The lowest BCUT2D eigenvalue weighted by atomic mass is 10.0. The van der Waals surface area contributed by atoms with Crippen molar-refractivity contribution in [3.8, 4) is 5.69 Å². The zero-order valence-corrected chi connectivity index (χ0v) is 14.9. The van der Waals surface area contributed by atoms with E-state index in [1.54, 1.807) is 22.9 Å². The van der Waals surface area contributed by atoms with Crippen LogP contribution in [0.2, 0.25) is 19.6 Å². The van der Waals surface area contributed by atoms with E-state index in [1.165, 1.54) is 0 Å². The first-order chi connectivity index (χ1) is 11.4. The number of nitrogens with one attached hydrogen (secondary N) is 1. The number of nitrogens with zero attached hydrogens (tertiary/aromatic N) is 1. The van der Waals surface area contributed by atoms with Gasteiger partial charge >= 0.3 is 5.63 Å². The molecule has 3 aromatic rings. The van der Waals surface area contributed by atoms with Crippen LogP contribution >= 0.6 is 0 Å². The minimum Gasteiger partial charge on any atom is -0.288 e. The molecule has 3 rings (SSSR count). The average molecular weight is 339 g/mol. The van der Waals surface area contributed by atoms with Gasteiger partial charge in [0.15, 0.2) is 13.9 Å². The zero-order valence-electron chi connectivity index (χ0n) is 13.9. The normalized spacial score (nSPS) is 11.5. The monoisotopic (exact) mass is 339 g/mol. The Bertz CT molecular complexity index is 937. The first kappa shape index (κ1) is 16.1. The Balaban J connectivity index is 2.19.